The van der Waals surface area contributed by atoms with Crippen LogP contribution in [0, 0.1) is 6.92 Å². The number of nitrogens with one attached hydrogen (secondary N) is 1. The van der Waals surface area contributed by atoms with E-state index in [1.165, 1.54) is 7.11 Å². The van der Waals surface area contributed by atoms with Gasteiger partial charge in [-0.05, 0) is 70.6 Å². The van der Waals surface area contributed by atoms with Gasteiger partial charge in [0.05, 0.1) is 70.8 Å². The van der Waals surface area contributed by atoms with Gasteiger partial charge in [-0.25, -0.2) is 14.6 Å². The molecule has 0 saturated carbocycles. The molecule has 0 bridgehead atoms. The number of esters is 1. The lowest BCUT2D eigenvalue weighted by molar-refractivity contribution is -0.0238. The number of amides is 1. The zero-order valence-corrected chi connectivity index (χ0v) is 32.8. The Hall–Kier alpha value is -2.85. The monoisotopic (exact) mass is 747 g/mol. The number of hydrogen-bond acceptors (Lipinski definition) is 13. The van der Waals surface area contributed by atoms with Crippen molar-refractivity contribution in [1.82, 2.24) is 25.1 Å². The van der Waals surface area contributed by atoms with E-state index in [1.807, 2.05) is 63.7 Å². The lowest BCUT2D eigenvalue weighted by Gasteiger charge is -2.25. The summed E-state index contributed by atoms with van der Waals surface area (Å²) < 4.78 is 34.7. The molecule has 292 valence electrons. The molecule has 3 rings (SSSR count). The molecule has 0 aromatic carbocycles. The first-order valence-electron chi connectivity index (χ1n) is 18.4. The van der Waals surface area contributed by atoms with Gasteiger partial charge in [0.2, 0.25) is 0 Å². The van der Waals surface area contributed by atoms with Gasteiger partial charge in [0.25, 0.3) is 0 Å². The van der Waals surface area contributed by atoms with Crippen LogP contribution in [-0.2, 0) is 41.5 Å². The van der Waals surface area contributed by atoms with Crippen LogP contribution >= 0.6 is 11.8 Å². The second-order valence-corrected chi connectivity index (χ2v) is 14.8. The molecule has 1 amide bonds. The summed E-state index contributed by atoms with van der Waals surface area (Å²) in [5.41, 5.74) is 2.60. The number of rotatable bonds is 13. The minimum atomic E-state index is -0.494. The summed E-state index contributed by atoms with van der Waals surface area (Å²) in [7, 11) is 1.35. The molecule has 13 nitrogen and oxygen atoms in total. The van der Waals surface area contributed by atoms with Gasteiger partial charge in [0.15, 0.2) is 0 Å². The third kappa shape index (κ3) is 19.8. The van der Waals surface area contributed by atoms with Crippen LogP contribution in [0.3, 0.4) is 0 Å². The number of hydrogen-bond donors (Lipinski definition) is 1. The Morgan fingerprint density at radius 1 is 0.846 bits per heavy atom. The number of aryl methyl sites for hydroxylation is 1. The molecule has 0 spiro atoms. The maximum absolute atomic E-state index is 12.0. The first-order chi connectivity index (χ1) is 25.1. The maximum atomic E-state index is 12.0. The van der Waals surface area contributed by atoms with Gasteiger partial charge in [-0.2, -0.15) is 11.8 Å². The van der Waals surface area contributed by atoms with Crippen molar-refractivity contribution in [3.05, 3.63) is 59.2 Å². The van der Waals surface area contributed by atoms with Gasteiger partial charge < -0.3 is 33.7 Å². The highest BCUT2D eigenvalue weighted by molar-refractivity contribution is 7.99. The van der Waals surface area contributed by atoms with Gasteiger partial charge in [0, 0.05) is 57.3 Å². The van der Waals surface area contributed by atoms with Gasteiger partial charge in [-0.3, -0.25) is 14.8 Å². The molecule has 3 heterocycles. The van der Waals surface area contributed by atoms with E-state index in [4.69, 9.17) is 33.4 Å². The first kappa shape index (κ1) is 43.6. The Balaban J connectivity index is 1.54. The Morgan fingerprint density at radius 2 is 1.48 bits per heavy atom. The zero-order valence-electron chi connectivity index (χ0n) is 31.9. The lowest BCUT2D eigenvalue weighted by Crippen LogP contribution is -2.35. The average molecular weight is 748 g/mol. The summed E-state index contributed by atoms with van der Waals surface area (Å²) in [6.07, 6.45) is 2.54. The van der Waals surface area contributed by atoms with Crippen LogP contribution in [0.2, 0.25) is 0 Å². The van der Waals surface area contributed by atoms with Crippen molar-refractivity contribution >= 4 is 23.8 Å². The molecule has 2 aromatic heterocycles. The number of carbonyl (C=O) groups excluding carboxylic acids is 2. The summed E-state index contributed by atoms with van der Waals surface area (Å²) in [6, 6.07) is 11.5. The van der Waals surface area contributed by atoms with E-state index in [0.29, 0.717) is 72.4 Å². The van der Waals surface area contributed by atoms with Crippen molar-refractivity contribution in [2.45, 2.75) is 71.8 Å². The second-order valence-electron chi connectivity index (χ2n) is 13.7. The van der Waals surface area contributed by atoms with Crippen molar-refractivity contribution in [2.24, 2.45) is 0 Å². The van der Waals surface area contributed by atoms with Crippen LogP contribution in [0.15, 0.2) is 36.4 Å². The highest BCUT2D eigenvalue weighted by Crippen LogP contribution is 2.13. The Bertz CT molecular complexity index is 1300. The van der Waals surface area contributed by atoms with Crippen LogP contribution in [0.25, 0.3) is 0 Å². The highest BCUT2D eigenvalue weighted by Gasteiger charge is 2.17. The summed E-state index contributed by atoms with van der Waals surface area (Å²) >= 11 is 1.87. The summed E-state index contributed by atoms with van der Waals surface area (Å²) in [4.78, 5) is 37.7. The van der Waals surface area contributed by atoms with Crippen LogP contribution in [0.4, 0.5) is 4.79 Å². The second kappa shape index (κ2) is 25.2. The standard InChI is InChI=1S/C38H61N5O8S/c1-31-11-9-12-32(40-31)27-43-17-21-48-25-24-47-20-16-42(28-33-13-10-14-35(41-33)36(44)46-5)18-22-49-29-34(50-23-19-43)30-52-26-8-6-7-15-39-37(45)51-38(2,3)4/h9-14,34H,6-8,15-30H2,1-5H3,(H,39,45)/t34-/m0/s1. The number of methoxy groups -OCH3 is 1. The fourth-order valence-electron chi connectivity index (χ4n) is 5.31. The zero-order chi connectivity index (χ0) is 37.4. The van der Waals surface area contributed by atoms with E-state index in [-0.39, 0.29) is 17.9 Å². The molecule has 1 aliphatic heterocycles. The van der Waals surface area contributed by atoms with Gasteiger partial charge >= 0.3 is 12.1 Å². The van der Waals surface area contributed by atoms with Gasteiger partial charge in [-0.1, -0.05) is 18.6 Å². The molecule has 0 aliphatic carbocycles. The number of carbonyl (C=O) groups is 2. The van der Waals surface area contributed by atoms with Crippen LogP contribution in [0.1, 0.15) is 67.6 Å². The number of nitrogens with zero attached hydrogens (tertiary/aromatic N) is 4. The molecule has 2 aromatic rings. The molecule has 1 saturated heterocycles. The molecule has 0 radical (unpaired) electrons. The molecular formula is C38H61N5O8S. The quantitative estimate of drug-likeness (QED) is 0.223. The van der Waals surface area contributed by atoms with E-state index in [9.17, 15) is 9.59 Å². The largest absolute Gasteiger partial charge is 0.464 e. The topological polar surface area (TPSA) is 134 Å². The molecule has 52 heavy (non-hydrogen) atoms. The normalized spacial score (nSPS) is 18.2. The van der Waals surface area contributed by atoms with Gasteiger partial charge in [-0.15, -0.1) is 0 Å². The third-order valence-electron chi connectivity index (χ3n) is 7.95. The Morgan fingerprint density at radius 3 is 2.13 bits per heavy atom. The Labute approximate surface area is 314 Å². The Kier molecular flexibility index (Phi) is 21.1. The summed E-state index contributed by atoms with van der Waals surface area (Å²) in [6.45, 7) is 16.0. The predicted octanol–water partition coefficient (Wildman–Crippen LogP) is 4.75. The van der Waals surface area contributed by atoms with Crippen LogP contribution < -0.4 is 5.32 Å². The fraction of sp³-hybridized carbons (Fsp3) is 0.684. The van der Waals surface area contributed by atoms with Crippen LogP contribution in [-0.4, -0.2) is 141 Å². The maximum Gasteiger partial charge on any atom is 0.407 e. The number of ether oxygens (including phenoxy) is 6. The molecule has 1 N–H and O–H groups in total. The summed E-state index contributed by atoms with van der Waals surface area (Å²) in [5, 5.41) is 2.83. The number of aromatic nitrogens is 2. The molecule has 0 unspecified atom stereocenters. The molecule has 1 fully saturated rings. The van der Waals surface area contributed by atoms with Crippen molar-refractivity contribution in [2.75, 3.05) is 97.6 Å². The van der Waals surface area contributed by atoms with Gasteiger partial charge in [0.1, 0.15) is 11.3 Å². The van der Waals surface area contributed by atoms with E-state index < -0.39 is 11.6 Å². The average Bonchev–Trinajstić information content (AvgIpc) is 3.10. The predicted molar refractivity (Wildman–Crippen MR) is 203 cm³/mol. The number of alkyl carbamates (subject to hydrolysis) is 1. The molecule has 1 atom stereocenters. The number of unbranched alkanes of at least 4 members (excludes halogenated alkanes) is 2. The van der Waals surface area contributed by atoms with Crippen molar-refractivity contribution in [3.63, 3.8) is 0 Å². The smallest absolute Gasteiger partial charge is 0.407 e. The van der Waals surface area contributed by atoms with E-state index in [2.05, 4.69) is 26.2 Å². The molecule has 1 aliphatic rings. The van der Waals surface area contributed by atoms with Crippen molar-refractivity contribution in [1.29, 1.82) is 0 Å². The molecular weight excluding hydrogens is 687 g/mol. The highest BCUT2D eigenvalue weighted by atomic mass is 32.2. The van der Waals surface area contributed by atoms with E-state index >= 15 is 0 Å². The van der Waals surface area contributed by atoms with E-state index in [1.54, 1.807) is 6.07 Å². The fourth-order valence-corrected chi connectivity index (χ4v) is 6.34. The molecule has 14 heteroatoms. The van der Waals surface area contributed by atoms with Crippen molar-refractivity contribution in [3.8, 4) is 0 Å². The SMILES string of the molecule is COC(=O)c1cccc(CN2CCOCCOCCN(Cc3cccc(C)n3)CCO[C@H](CSCCCCCNC(=O)OC(C)(C)C)COCC2)n1. The number of thioether (sulfide) groups is 1. The lowest BCUT2D eigenvalue weighted by atomic mass is 10.2. The van der Waals surface area contributed by atoms with Crippen molar-refractivity contribution < 1.29 is 38.0 Å². The minimum Gasteiger partial charge on any atom is -0.464 e. The third-order valence-corrected chi connectivity index (χ3v) is 9.13. The first-order valence-corrected chi connectivity index (χ1v) is 19.6. The number of pyridine rings is 2. The summed E-state index contributed by atoms with van der Waals surface area (Å²) in [5.74, 6) is 1.36. The minimum absolute atomic E-state index is 0.0666. The van der Waals surface area contributed by atoms with Crippen LogP contribution in [0.5, 0.6) is 0 Å². The van der Waals surface area contributed by atoms with E-state index in [0.717, 1.165) is 67.5 Å².